The average Bonchev–Trinajstić information content (AvgIpc) is 3.13. The number of hydrogen-bond acceptors (Lipinski definition) is 5. The minimum Gasteiger partial charge on any atom is -0.342 e. The van der Waals surface area contributed by atoms with Crippen LogP contribution >= 0.6 is 11.5 Å². The summed E-state index contributed by atoms with van der Waals surface area (Å²) in [5.74, 6) is 0.692. The van der Waals surface area contributed by atoms with Gasteiger partial charge in [0.2, 0.25) is 0 Å². The second-order valence-corrected chi connectivity index (χ2v) is 6.27. The third-order valence-electron chi connectivity index (χ3n) is 3.81. The highest BCUT2D eigenvalue weighted by atomic mass is 32.1. The fourth-order valence-corrected chi connectivity index (χ4v) is 3.27. The second-order valence-electron chi connectivity index (χ2n) is 5.51. The van der Waals surface area contributed by atoms with Gasteiger partial charge in [-0.15, -0.1) is 5.10 Å². The van der Waals surface area contributed by atoms with Crippen LogP contribution < -0.4 is 5.32 Å². The molecule has 23 heavy (non-hydrogen) atoms. The largest absolute Gasteiger partial charge is 0.342 e. The minimum absolute atomic E-state index is 0.136. The van der Waals surface area contributed by atoms with E-state index >= 15 is 0 Å². The monoisotopic (exact) mass is 329 g/mol. The van der Waals surface area contributed by atoms with Gasteiger partial charge >= 0.3 is 0 Å². The standard InChI is InChI=1S/C16H19N5OS/c1-4-7-12-14(23-20-19-12)16(22)17-10(2)15-18-11-8-5-6-9-13(11)21(15)3/h5-6,8-10H,4,7H2,1-3H3,(H,17,22). The smallest absolute Gasteiger partial charge is 0.265 e. The van der Waals surface area contributed by atoms with Crippen molar-refractivity contribution in [2.75, 3.05) is 0 Å². The molecule has 120 valence electrons. The molecule has 0 fully saturated rings. The van der Waals surface area contributed by atoms with Crippen LogP contribution in [0, 0.1) is 0 Å². The van der Waals surface area contributed by atoms with E-state index in [1.807, 2.05) is 42.8 Å². The Labute approximate surface area is 138 Å². The summed E-state index contributed by atoms with van der Waals surface area (Å²) in [5.41, 5.74) is 2.75. The molecule has 0 saturated carbocycles. The minimum atomic E-state index is -0.198. The molecular weight excluding hydrogens is 310 g/mol. The molecule has 0 spiro atoms. The first-order valence-corrected chi connectivity index (χ1v) is 8.42. The first kappa shape index (κ1) is 15.6. The van der Waals surface area contributed by atoms with Crippen LogP contribution in [0.25, 0.3) is 11.0 Å². The van der Waals surface area contributed by atoms with E-state index in [1.165, 1.54) is 0 Å². The number of fused-ring (bicyclic) bond motifs is 1. The van der Waals surface area contributed by atoms with E-state index in [2.05, 4.69) is 26.8 Å². The lowest BCUT2D eigenvalue weighted by Crippen LogP contribution is -2.28. The highest BCUT2D eigenvalue weighted by Gasteiger charge is 2.21. The molecule has 0 saturated heterocycles. The second kappa shape index (κ2) is 6.45. The zero-order valence-corrected chi connectivity index (χ0v) is 14.2. The van der Waals surface area contributed by atoms with E-state index in [0.717, 1.165) is 46.9 Å². The maximum absolute atomic E-state index is 12.5. The topological polar surface area (TPSA) is 72.7 Å². The van der Waals surface area contributed by atoms with E-state index < -0.39 is 0 Å². The summed E-state index contributed by atoms with van der Waals surface area (Å²) >= 11 is 1.14. The number of nitrogens with one attached hydrogen (secondary N) is 1. The molecule has 6 nitrogen and oxygen atoms in total. The molecule has 1 atom stereocenters. The predicted octanol–water partition coefficient (Wildman–Crippen LogP) is 2.87. The molecule has 0 bridgehead atoms. The van der Waals surface area contributed by atoms with E-state index in [9.17, 15) is 4.79 Å². The Hall–Kier alpha value is -2.28. The van der Waals surface area contributed by atoms with Crippen molar-refractivity contribution in [3.8, 4) is 0 Å². The number of imidazole rings is 1. The third-order valence-corrected chi connectivity index (χ3v) is 4.57. The Morgan fingerprint density at radius 3 is 2.91 bits per heavy atom. The van der Waals surface area contributed by atoms with Crippen molar-refractivity contribution in [3.05, 3.63) is 40.7 Å². The Morgan fingerprint density at radius 1 is 1.39 bits per heavy atom. The van der Waals surface area contributed by atoms with Crippen molar-refractivity contribution in [1.29, 1.82) is 0 Å². The van der Waals surface area contributed by atoms with Crippen molar-refractivity contribution < 1.29 is 4.79 Å². The van der Waals surface area contributed by atoms with Gasteiger partial charge in [-0.2, -0.15) is 0 Å². The lowest BCUT2D eigenvalue weighted by molar-refractivity contribution is 0.0941. The Morgan fingerprint density at radius 2 is 2.17 bits per heavy atom. The predicted molar refractivity (Wildman–Crippen MR) is 90.5 cm³/mol. The first-order chi connectivity index (χ1) is 11.1. The Kier molecular flexibility index (Phi) is 4.38. The lowest BCUT2D eigenvalue weighted by Gasteiger charge is -2.13. The van der Waals surface area contributed by atoms with E-state index in [0.29, 0.717) is 4.88 Å². The average molecular weight is 329 g/mol. The van der Waals surface area contributed by atoms with Crippen LogP contribution in [0.4, 0.5) is 0 Å². The van der Waals surface area contributed by atoms with Crippen LogP contribution in [0.1, 0.15) is 47.5 Å². The van der Waals surface area contributed by atoms with Crippen LogP contribution in [0.15, 0.2) is 24.3 Å². The highest BCUT2D eigenvalue weighted by Crippen LogP contribution is 2.20. The molecular formula is C16H19N5OS. The van der Waals surface area contributed by atoms with Gasteiger partial charge < -0.3 is 9.88 Å². The van der Waals surface area contributed by atoms with Crippen LogP contribution in [0.2, 0.25) is 0 Å². The van der Waals surface area contributed by atoms with Gasteiger partial charge in [0.25, 0.3) is 5.91 Å². The quantitative estimate of drug-likeness (QED) is 0.781. The fraction of sp³-hybridized carbons (Fsp3) is 0.375. The van der Waals surface area contributed by atoms with Crippen LogP contribution in [0.5, 0.6) is 0 Å². The molecule has 1 N–H and O–H groups in total. The zero-order valence-electron chi connectivity index (χ0n) is 13.4. The molecule has 0 aliphatic rings. The van der Waals surface area contributed by atoms with Crippen molar-refractivity contribution in [1.82, 2.24) is 24.5 Å². The SMILES string of the molecule is CCCc1nnsc1C(=O)NC(C)c1nc2ccccc2n1C. The van der Waals surface area contributed by atoms with Crippen molar-refractivity contribution >= 4 is 28.5 Å². The van der Waals surface area contributed by atoms with Gasteiger partial charge in [0, 0.05) is 7.05 Å². The lowest BCUT2D eigenvalue weighted by atomic mass is 10.2. The fourth-order valence-electron chi connectivity index (χ4n) is 2.66. The highest BCUT2D eigenvalue weighted by molar-refractivity contribution is 7.08. The van der Waals surface area contributed by atoms with Crippen LogP contribution in [-0.2, 0) is 13.5 Å². The van der Waals surface area contributed by atoms with E-state index in [1.54, 1.807) is 0 Å². The molecule has 3 aromatic rings. The number of aromatic nitrogens is 4. The number of hydrogen-bond donors (Lipinski definition) is 1. The summed E-state index contributed by atoms with van der Waals surface area (Å²) in [6.45, 7) is 4.00. The van der Waals surface area contributed by atoms with Crippen molar-refractivity contribution in [2.45, 2.75) is 32.7 Å². The summed E-state index contributed by atoms with van der Waals surface area (Å²) in [5, 5.41) is 7.05. The summed E-state index contributed by atoms with van der Waals surface area (Å²) < 4.78 is 5.92. The summed E-state index contributed by atoms with van der Waals surface area (Å²) in [6, 6.07) is 7.74. The Balaban J connectivity index is 1.82. The van der Waals surface area contributed by atoms with Gasteiger partial charge in [-0.3, -0.25) is 4.79 Å². The zero-order chi connectivity index (χ0) is 16.4. The van der Waals surface area contributed by atoms with Crippen LogP contribution in [-0.4, -0.2) is 25.0 Å². The third kappa shape index (κ3) is 2.96. The first-order valence-electron chi connectivity index (χ1n) is 7.65. The molecule has 1 amide bonds. The molecule has 1 aromatic carbocycles. The van der Waals surface area contributed by atoms with Crippen molar-refractivity contribution in [3.63, 3.8) is 0 Å². The normalized spacial score (nSPS) is 12.5. The molecule has 0 aliphatic carbocycles. The maximum Gasteiger partial charge on any atom is 0.265 e. The summed E-state index contributed by atoms with van der Waals surface area (Å²) in [4.78, 5) is 17.7. The molecule has 3 rings (SSSR count). The molecule has 7 heteroatoms. The number of carbonyl (C=O) groups is 1. The van der Waals surface area contributed by atoms with E-state index in [-0.39, 0.29) is 11.9 Å². The van der Waals surface area contributed by atoms with Gasteiger partial charge in [0.1, 0.15) is 10.7 Å². The summed E-state index contributed by atoms with van der Waals surface area (Å²) in [7, 11) is 1.96. The molecule has 0 aliphatic heterocycles. The number of nitrogens with zero attached hydrogens (tertiary/aromatic N) is 4. The number of carbonyl (C=O) groups excluding carboxylic acids is 1. The molecule has 0 radical (unpaired) electrons. The molecule has 2 heterocycles. The summed E-state index contributed by atoms with van der Waals surface area (Å²) in [6.07, 6.45) is 1.70. The van der Waals surface area contributed by atoms with Gasteiger partial charge in [0.15, 0.2) is 0 Å². The van der Waals surface area contributed by atoms with Crippen LogP contribution in [0.3, 0.4) is 0 Å². The molecule has 1 unspecified atom stereocenters. The number of amides is 1. The number of para-hydroxylation sites is 2. The van der Waals surface area contributed by atoms with Crippen molar-refractivity contribution in [2.24, 2.45) is 7.05 Å². The van der Waals surface area contributed by atoms with Gasteiger partial charge in [-0.25, -0.2) is 4.98 Å². The van der Waals surface area contributed by atoms with Gasteiger partial charge in [0.05, 0.1) is 22.8 Å². The molecule has 2 aromatic heterocycles. The number of benzene rings is 1. The van der Waals surface area contributed by atoms with E-state index in [4.69, 9.17) is 0 Å². The number of aryl methyl sites for hydroxylation is 2. The maximum atomic E-state index is 12.5. The number of rotatable bonds is 5. The van der Waals surface area contributed by atoms with Gasteiger partial charge in [-0.1, -0.05) is 30.0 Å². The van der Waals surface area contributed by atoms with Gasteiger partial charge in [-0.05, 0) is 37.0 Å². The Bertz CT molecular complexity index is 838.